The highest BCUT2D eigenvalue weighted by Crippen LogP contribution is 2.16. The molecule has 0 saturated heterocycles. The van der Waals surface area contributed by atoms with Gasteiger partial charge in [-0.05, 0) is 47.5 Å². The number of anilines is 1. The second-order valence-corrected chi connectivity index (χ2v) is 7.08. The van der Waals surface area contributed by atoms with Crippen LogP contribution in [0, 0.1) is 6.92 Å². The van der Waals surface area contributed by atoms with E-state index in [-0.39, 0.29) is 18.1 Å². The van der Waals surface area contributed by atoms with Gasteiger partial charge in [0.25, 0.3) is 5.56 Å². The summed E-state index contributed by atoms with van der Waals surface area (Å²) in [6.45, 7) is 3.12. The Morgan fingerprint density at radius 2 is 1.73 bits per heavy atom. The van der Waals surface area contributed by atoms with E-state index >= 15 is 0 Å². The van der Waals surface area contributed by atoms with Gasteiger partial charge in [-0.15, -0.1) is 0 Å². The molecule has 1 heterocycles. The molecule has 1 aromatic heterocycles. The van der Waals surface area contributed by atoms with E-state index < -0.39 is 11.2 Å². The van der Waals surface area contributed by atoms with Gasteiger partial charge in [-0.1, -0.05) is 42.5 Å². The second kappa shape index (κ2) is 7.79. The van der Waals surface area contributed by atoms with Crippen LogP contribution in [0.1, 0.15) is 18.2 Å². The minimum Gasteiger partial charge on any atom is -0.326 e. The molecule has 0 fully saturated rings. The van der Waals surface area contributed by atoms with Crippen LogP contribution in [0.15, 0.2) is 76.3 Å². The summed E-state index contributed by atoms with van der Waals surface area (Å²) in [6.07, 6.45) is 0. The van der Waals surface area contributed by atoms with Gasteiger partial charge in [0.2, 0.25) is 5.91 Å². The quantitative estimate of drug-likeness (QED) is 0.571. The molecule has 0 aliphatic heterocycles. The molecule has 0 bridgehead atoms. The molecule has 0 atom stereocenters. The number of rotatable bonds is 4. The lowest BCUT2D eigenvalue weighted by Crippen LogP contribution is -2.42. The van der Waals surface area contributed by atoms with E-state index in [9.17, 15) is 14.4 Å². The molecule has 0 aliphatic carbocycles. The van der Waals surface area contributed by atoms with Gasteiger partial charge in [0, 0.05) is 12.6 Å². The van der Waals surface area contributed by atoms with Crippen LogP contribution in [-0.4, -0.2) is 20.3 Å². The highest BCUT2D eigenvalue weighted by molar-refractivity contribution is 5.88. The fourth-order valence-corrected chi connectivity index (χ4v) is 3.38. The summed E-state index contributed by atoms with van der Waals surface area (Å²) in [6, 6.07) is 20.5. The van der Waals surface area contributed by atoms with Crippen molar-refractivity contribution in [2.75, 3.05) is 5.32 Å². The lowest BCUT2D eigenvalue weighted by atomic mass is 10.1. The fourth-order valence-electron chi connectivity index (χ4n) is 3.38. The van der Waals surface area contributed by atoms with Gasteiger partial charge in [-0.3, -0.25) is 14.2 Å². The molecule has 7 nitrogen and oxygen atoms in total. The molecule has 0 spiro atoms. The zero-order chi connectivity index (χ0) is 21.3. The zero-order valence-corrected chi connectivity index (χ0v) is 16.6. The summed E-state index contributed by atoms with van der Waals surface area (Å²) in [7, 11) is 0. The van der Waals surface area contributed by atoms with E-state index in [2.05, 4.69) is 10.4 Å². The third-order valence-electron chi connectivity index (χ3n) is 4.78. The number of carbonyl (C=O) groups is 1. The molecule has 0 unspecified atom stereocenters. The van der Waals surface area contributed by atoms with Crippen LogP contribution in [0.4, 0.5) is 5.69 Å². The molecule has 3 aromatic carbocycles. The summed E-state index contributed by atoms with van der Waals surface area (Å²) < 4.78 is 2.36. The van der Waals surface area contributed by atoms with Crippen LogP contribution < -0.4 is 16.6 Å². The lowest BCUT2D eigenvalue weighted by molar-refractivity contribution is -0.114. The van der Waals surface area contributed by atoms with Crippen molar-refractivity contribution in [1.82, 2.24) is 14.3 Å². The molecule has 4 aromatic rings. The van der Waals surface area contributed by atoms with Crippen LogP contribution in [0.5, 0.6) is 0 Å². The summed E-state index contributed by atoms with van der Waals surface area (Å²) in [5.74, 6) is -0.218. The Labute approximate surface area is 172 Å². The van der Waals surface area contributed by atoms with Crippen LogP contribution in [0.3, 0.4) is 0 Å². The number of benzene rings is 3. The number of hydrogen-bond acceptors (Lipinski definition) is 4. The number of hydrogen-bond donors (Lipinski definition) is 1. The predicted molar refractivity (Wildman–Crippen MR) is 116 cm³/mol. The van der Waals surface area contributed by atoms with Crippen LogP contribution in [0.2, 0.25) is 0 Å². The van der Waals surface area contributed by atoms with Gasteiger partial charge in [0.05, 0.1) is 12.2 Å². The third-order valence-corrected chi connectivity index (χ3v) is 4.78. The van der Waals surface area contributed by atoms with Gasteiger partial charge >= 0.3 is 5.69 Å². The molecule has 1 amide bonds. The lowest BCUT2D eigenvalue weighted by Gasteiger charge is -2.12. The molecule has 7 heteroatoms. The van der Waals surface area contributed by atoms with Crippen molar-refractivity contribution in [2.24, 2.45) is 0 Å². The Kier molecular flexibility index (Phi) is 5.02. The van der Waals surface area contributed by atoms with Crippen molar-refractivity contribution >= 4 is 22.4 Å². The predicted octanol–water partition coefficient (Wildman–Crippen LogP) is 2.86. The average molecular weight is 400 g/mol. The van der Waals surface area contributed by atoms with Gasteiger partial charge in [0.15, 0.2) is 0 Å². The number of aromatic nitrogens is 3. The molecule has 30 heavy (non-hydrogen) atoms. The minimum atomic E-state index is -0.543. The third kappa shape index (κ3) is 3.77. The Morgan fingerprint density at radius 1 is 0.967 bits per heavy atom. The number of aryl methyl sites for hydroxylation is 1. The fraction of sp³-hybridized carbons (Fsp3) is 0.130. The van der Waals surface area contributed by atoms with Gasteiger partial charge in [0.1, 0.15) is 5.69 Å². The Hall–Kier alpha value is -4.00. The van der Waals surface area contributed by atoms with Crippen molar-refractivity contribution in [2.45, 2.75) is 20.4 Å². The van der Waals surface area contributed by atoms with Crippen LogP contribution >= 0.6 is 0 Å². The number of nitrogens with one attached hydrogen (secondary N) is 1. The van der Waals surface area contributed by atoms with Crippen molar-refractivity contribution in [1.29, 1.82) is 0 Å². The van der Waals surface area contributed by atoms with E-state index in [0.29, 0.717) is 11.4 Å². The van der Waals surface area contributed by atoms with Gasteiger partial charge in [-0.2, -0.15) is 9.78 Å². The van der Waals surface area contributed by atoms with Crippen molar-refractivity contribution in [3.8, 4) is 5.69 Å². The van der Waals surface area contributed by atoms with Crippen molar-refractivity contribution in [3.63, 3.8) is 0 Å². The standard InChI is InChI=1S/C23H20N4O3/c1-15-22(29)26(14-17-10-11-18-6-3-4-7-19(18)12-17)23(30)27(25-15)21-9-5-8-20(13-21)24-16(2)28/h3-13H,14H2,1-2H3,(H,24,28). The van der Waals surface area contributed by atoms with E-state index in [1.54, 1.807) is 31.2 Å². The Morgan fingerprint density at radius 3 is 2.50 bits per heavy atom. The number of fused-ring (bicyclic) bond motifs is 1. The molecular formula is C23H20N4O3. The molecule has 150 valence electrons. The normalized spacial score (nSPS) is 10.9. The summed E-state index contributed by atoms with van der Waals surface area (Å²) in [5, 5.41) is 8.98. The van der Waals surface area contributed by atoms with Gasteiger partial charge < -0.3 is 5.32 Å². The average Bonchev–Trinajstić information content (AvgIpc) is 2.73. The van der Waals surface area contributed by atoms with Crippen LogP contribution in [-0.2, 0) is 11.3 Å². The smallest absolute Gasteiger partial charge is 0.326 e. The number of carbonyl (C=O) groups excluding carboxylic acids is 1. The maximum absolute atomic E-state index is 13.1. The summed E-state index contributed by atoms with van der Waals surface area (Å²) in [4.78, 5) is 37.1. The maximum Gasteiger partial charge on any atom is 0.352 e. The minimum absolute atomic E-state index is 0.136. The van der Waals surface area contributed by atoms with Crippen LogP contribution in [0.25, 0.3) is 16.5 Å². The topological polar surface area (TPSA) is 86.0 Å². The maximum atomic E-state index is 13.1. The second-order valence-electron chi connectivity index (χ2n) is 7.08. The SMILES string of the molecule is CC(=O)Nc1cccc(-n2nc(C)c(=O)n(Cc3ccc4ccccc4c3)c2=O)c1. The molecule has 4 rings (SSSR count). The summed E-state index contributed by atoms with van der Waals surface area (Å²) in [5.41, 5.74) is 1.08. The monoisotopic (exact) mass is 400 g/mol. The van der Waals surface area contributed by atoms with E-state index in [0.717, 1.165) is 16.3 Å². The number of amides is 1. The van der Waals surface area contributed by atoms with Gasteiger partial charge in [-0.25, -0.2) is 4.79 Å². The Balaban J connectivity index is 1.79. The van der Waals surface area contributed by atoms with Crippen molar-refractivity contribution in [3.05, 3.63) is 98.8 Å². The van der Waals surface area contributed by atoms with E-state index in [1.807, 2.05) is 42.5 Å². The first-order valence-corrected chi connectivity index (χ1v) is 9.49. The van der Waals surface area contributed by atoms with E-state index in [1.165, 1.54) is 16.2 Å². The molecule has 0 aliphatic rings. The molecule has 0 radical (unpaired) electrons. The first-order valence-electron chi connectivity index (χ1n) is 9.49. The molecule has 0 saturated carbocycles. The Bertz CT molecular complexity index is 1390. The highest BCUT2D eigenvalue weighted by atomic mass is 16.2. The highest BCUT2D eigenvalue weighted by Gasteiger charge is 2.13. The number of nitrogens with zero attached hydrogens (tertiary/aromatic N) is 3. The molecule has 1 N–H and O–H groups in total. The first kappa shape index (κ1) is 19.3. The largest absolute Gasteiger partial charge is 0.352 e. The van der Waals surface area contributed by atoms with Crippen molar-refractivity contribution < 1.29 is 4.79 Å². The van der Waals surface area contributed by atoms with E-state index in [4.69, 9.17) is 0 Å². The molecular weight excluding hydrogens is 380 g/mol. The zero-order valence-electron chi connectivity index (χ0n) is 16.6. The first-order chi connectivity index (χ1) is 14.4. The summed E-state index contributed by atoms with van der Waals surface area (Å²) >= 11 is 0.